The SMILES string of the molecule is Cc1cc(C(=O)N[C@H](C)c2ccc(Br)cc2)cc(Cl)n1. The molecule has 104 valence electrons. The van der Waals surface area contributed by atoms with Crippen LogP contribution < -0.4 is 5.32 Å². The van der Waals surface area contributed by atoms with E-state index < -0.39 is 0 Å². The van der Waals surface area contributed by atoms with Crippen LogP contribution in [0, 0.1) is 6.92 Å². The molecule has 1 N–H and O–H groups in total. The normalized spacial score (nSPS) is 12.0. The van der Waals surface area contributed by atoms with Gasteiger partial charge < -0.3 is 5.32 Å². The van der Waals surface area contributed by atoms with Gasteiger partial charge in [0.15, 0.2) is 0 Å². The number of pyridine rings is 1. The number of carbonyl (C=O) groups is 1. The van der Waals surface area contributed by atoms with Gasteiger partial charge in [-0.15, -0.1) is 0 Å². The Labute approximate surface area is 131 Å². The molecule has 1 atom stereocenters. The van der Waals surface area contributed by atoms with E-state index in [2.05, 4.69) is 26.2 Å². The predicted octanol–water partition coefficient (Wildman–Crippen LogP) is 4.30. The van der Waals surface area contributed by atoms with Crippen LogP contribution in [0.25, 0.3) is 0 Å². The van der Waals surface area contributed by atoms with Gasteiger partial charge in [0.25, 0.3) is 5.91 Å². The molecule has 0 fully saturated rings. The van der Waals surface area contributed by atoms with Gasteiger partial charge in [-0.05, 0) is 43.7 Å². The molecular formula is C15H14BrClN2O. The number of aromatic nitrogens is 1. The van der Waals surface area contributed by atoms with E-state index in [1.54, 1.807) is 19.1 Å². The maximum absolute atomic E-state index is 12.2. The van der Waals surface area contributed by atoms with Gasteiger partial charge in [-0.1, -0.05) is 39.7 Å². The van der Waals surface area contributed by atoms with Gasteiger partial charge >= 0.3 is 0 Å². The van der Waals surface area contributed by atoms with E-state index in [1.165, 1.54) is 0 Å². The van der Waals surface area contributed by atoms with Crippen molar-refractivity contribution in [2.24, 2.45) is 0 Å². The van der Waals surface area contributed by atoms with E-state index in [4.69, 9.17) is 11.6 Å². The Morgan fingerprint density at radius 3 is 2.55 bits per heavy atom. The molecule has 0 saturated heterocycles. The van der Waals surface area contributed by atoms with Crippen molar-refractivity contribution in [3.63, 3.8) is 0 Å². The molecule has 0 spiro atoms. The third-order valence-corrected chi connectivity index (χ3v) is 3.62. The minimum absolute atomic E-state index is 0.0807. The molecule has 1 aromatic heterocycles. The number of carbonyl (C=O) groups excluding carboxylic acids is 1. The monoisotopic (exact) mass is 352 g/mol. The molecule has 1 amide bonds. The molecule has 2 rings (SSSR count). The zero-order valence-corrected chi connectivity index (χ0v) is 13.5. The Bertz CT molecular complexity index is 608. The smallest absolute Gasteiger partial charge is 0.251 e. The summed E-state index contributed by atoms with van der Waals surface area (Å²) in [6.07, 6.45) is 0. The van der Waals surface area contributed by atoms with Crippen LogP contribution >= 0.6 is 27.5 Å². The van der Waals surface area contributed by atoms with Crippen molar-refractivity contribution >= 4 is 33.4 Å². The van der Waals surface area contributed by atoms with Crippen molar-refractivity contribution in [3.05, 3.63) is 62.8 Å². The van der Waals surface area contributed by atoms with Crippen molar-refractivity contribution < 1.29 is 4.79 Å². The minimum atomic E-state index is -0.159. The molecule has 0 aliphatic carbocycles. The summed E-state index contributed by atoms with van der Waals surface area (Å²) in [6, 6.07) is 11.0. The van der Waals surface area contributed by atoms with Crippen LogP contribution in [0.3, 0.4) is 0 Å². The highest BCUT2D eigenvalue weighted by atomic mass is 79.9. The molecule has 1 aromatic carbocycles. The number of nitrogens with one attached hydrogen (secondary N) is 1. The molecule has 0 radical (unpaired) electrons. The number of amides is 1. The van der Waals surface area contributed by atoms with E-state index in [1.807, 2.05) is 31.2 Å². The van der Waals surface area contributed by atoms with E-state index in [9.17, 15) is 4.79 Å². The molecule has 1 heterocycles. The van der Waals surface area contributed by atoms with Crippen molar-refractivity contribution in [2.45, 2.75) is 19.9 Å². The Morgan fingerprint density at radius 1 is 1.30 bits per heavy atom. The lowest BCUT2D eigenvalue weighted by Gasteiger charge is -2.14. The van der Waals surface area contributed by atoms with Crippen molar-refractivity contribution in [1.82, 2.24) is 10.3 Å². The second kappa shape index (κ2) is 6.37. The van der Waals surface area contributed by atoms with Crippen LogP contribution in [0.4, 0.5) is 0 Å². The Kier molecular flexibility index (Phi) is 4.78. The van der Waals surface area contributed by atoms with Gasteiger partial charge in [0.2, 0.25) is 0 Å². The largest absolute Gasteiger partial charge is 0.346 e. The number of halogens is 2. The number of hydrogen-bond acceptors (Lipinski definition) is 2. The summed E-state index contributed by atoms with van der Waals surface area (Å²) in [4.78, 5) is 16.2. The number of nitrogens with zero attached hydrogens (tertiary/aromatic N) is 1. The standard InChI is InChI=1S/C15H14BrClN2O/c1-9-7-12(8-14(17)18-9)15(20)19-10(2)11-3-5-13(16)6-4-11/h3-8,10H,1-2H3,(H,19,20)/t10-/m1/s1. The Hall–Kier alpha value is -1.39. The third kappa shape index (κ3) is 3.81. The predicted molar refractivity (Wildman–Crippen MR) is 84.0 cm³/mol. The summed E-state index contributed by atoms with van der Waals surface area (Å²) in [5, 5.41) is 3.27. The highest BCUT2D eigenvalue weighted by molar-refractivity contribution is 9.10. The van der Waals surface area contributed by atoms with Gasteiger partial charge in [-0.25, -0.2) is 4.98 Å². The first-order valence-corrected chi connectivity index (χ1v) is 7.33. The van der Waals surface area contributed by atoms with Crippen molar-refractivity contribution in [1.29, 1.82) is 0 Å². The Balaban J connectivity index is 2.12. The third-order valence-electron chi connectivity index (χ3n) is 2.90. The summed E-state index contributed by atoms with van der Waals surface area (Å²) in [5.74, 6) is -0.159. The van der Waals surface area contributed by atoms with E-state index in [0.29, 0.717) is 10.7 Å². The van der Waals surface area contributed by atoms with Crippen LogP contribution in [-0.2, 0) is 0 Å². The summed E-state index contributed by atoms with van der Waals surface area (Å²) in [6.45, 7) is 3.75. The van der Waals surface area contributed by atoms with Crippen LogP contribution in [-0.4, -0.2) is 10.9 Å². The number of rotatable bonds is 3. The second-order valence-corrected chi connectivity index (χ2v) is 5.87. The topological polar surface area (TPSA) is 42.0 Å². The lowest BCUT2D eigenvalue weighted by Crippen LogP contribution is -2.26. The molecule has 5 heteroatoms. The fourth-order valence-electron chi connectivity index (χ4n) is 1.87. The molecule has 2 aromatic rings. The average Bonchev–Trinajstić information content (AvgIpc) is 2.38. The molecule has 0 unspecified atom stereocenters. The van der Waals surface area contributed by atoms with E-state index in [-0.39, 0.29) is 11.9 Å². The van der Waals surface area contributed by atoms with Crippen LogP contribution in [0.1, 0.15) is 34.6 Å². The minimum Gasteiger partial charge on any atom is -0.346 e. The quantitative estimate of drug-likeness (QED) is 0.836. The van der Waals surface area contributed by atoms with Crippen LogP contribution in [0.15, 0.2) is 40.9 Å². The molecule has 0 saturated carbocycles. The van der Waals surface area contributed by atoms with Crippen molar-refractivity contribution in [3.8, 4) is 0 Å². The maximum atomic E-state index is 12.2. The van der Waals surface area contributed by atoms with Gasteiger partial charge in [0.1, 0.15) is 5.15 Å². The van der Waals surface area contributed by atoms with Crippen LogP contribution in [0.2, 0.25) is 5.15 Å². The maximum Gasteiger partial charge on any atom is 0.251 e. The molecule has 0 aliphatic rings. The molecule has 0 bridgehead atoms. The lowest BCUT2D eigenvalue weighted by atomic mass is 10.1. The molecular weight excluding hydrogens is 340 g/mol. The molecule has 0 aliphatic heterocycles. The summed E-state index contributed by atoms with van der Waals surface area (Å²) >= 11 is 9.26. The first kappa shape index (κ1) is 15.0. The lowest BCUT2D eigenvalue weighted by molar-refractivity contribution is 0.0939. The highest BCUT2D eigenvalue weighted by Gasteiger charge is 2.12. The first-order valence-electron chi connectivity index (χ1n) is 6.16. The van der Waals surface area contributed by atoms with Gasteiger partial charge in [0.05, 0.1) is 6.04 Å². The Morgan fingerprint density at radius 2 is 1.95 bits per heavy atom. The summed E-state index contributed by atoms with van der Waals surface area (Å²) < 4.78 is 1.01. The van der Waals surface area contributed by atoms with Gasteiger partial charge in [-0.3, -0.25) is 4.79 Å². The van der Waals surface area contributed by atoms with Crippen LogP contribution in [0.5, 0.6) is 0 Å². The number of benzene rings is 1. The first-order chi connectivity index (χ1) is 9.45. The highest BCUT2D eigenvalue weighted by Crippen LogP contribution is 2.17. The fourth-order valence-corrected chi connectivity index (χ4v) is 2.39. The van der Waals surface area contributed by atoms with E-state index in [0.717, 1.165) is 15.7 Å². The zero-order valence-electron chi connectivity index (χ0n) is 11.2. The fraction of sp³-hybridized carbons (Fsp3) is 0.200. The van der Waals surface area contributed by atoms with Gasteiger partial charge in [0, 0.05) is 15.7 Å². The molecule has 20 heavy (non-hydrogen) atoms. The second-order valence-electron chi connectivity index (χ2n) is 4.57. The number of aryl methyl sites for hydroxylation is 1. The number of hydrogen-bond donors (Lipinski definition) is 1. The zero-order chi connectivity index (χ0) is 14.7. The van der Waals surface area contributed by atoms with E-state index >= 15 is 0 Å². The van der Waals surface area contributed by atoms with Gasteiger partial charge in [-0.2, -0.15) is 0 Å². The summed E-state index contributed by atoms with van der Waals surface area (Å²) in [7, 11) is 0. The average molecular weight is 354 g/mol. The molecule has 3 nitrogen and oxygen atoms in total. The van der Waals surface area contributed by atoms with Crippen molar-refractivity contribution in [2.75, 3.05) is 0 Å². The summed E-state index contributed by atoms with van der Waals surface area (Å²) in [5.41, 5.74) is 2.28.